The van der Waals surface area contributed by atoms with E-state index in [9.17, 15) is 18.4 Å². The molecule has 2 heterocycles. The van der Waals surface area contributed by atoms with E-state index in [2.05, 4.69) is 10.6 Å². The second-order valence-electron chi connectivity index (χ2n) is 6.79. The molecule has 3 rings (SSSR count). The van der Waals surface area contributed by atoms with Gasteiger partial charge in [0.2, 0.25) is 5.91 Å². The van der Waals surface area contributed by atoms with Crippen molar-refractivity contribution in [1.82, 2.24) is 15.5 Å². The van der Waals surface area contributed by atoms with E-state index in [0.717, 1.165) is 25.3 Å². The van der Waals surface area contributed by atoms with Crippen LogP contribution in [0.25, 0.3) is 0 Å². The minimum atomic E-state index is -0.559. The molecule has 0 spiro atoms. The van der Waals surface area contributed by atoms with Gasteiger partial charge in [-0.2, -0.15) is 0 Å². The van der Waals surface area contributed by atoms with Gasteiger partial charge in [-0.05, 0) is 49.7 Å². The summed E-state index contributed by atoms with van der Waals surface area (Å²) >= 11 is 0. The smallest absolute Gasteiger partial charge is 0.318 e. The molecular weight excluding hydrogens is 328 g/mol. The molecule has 0 aliphatic carbocycles. The Bertz CT molecular complexity index is 645. The average Bonchev–Trinajstić information content (AvgIpc) is 2.99. The minimum absolute atomic E-state index is 0.121. The predicted octanol–water partition coefficient (Wildman–Crippen LogP) is 2.21. The third-order valence-corrected chi connectivity index (χ3v) is 5.09. The van der Waals surface area contributed by atoms with Crippen molar-refractivity contribution in [3.63, 3.8) is 0 Å². The molecule has 1 atom stereocenters. The molecule has 1 aromatic carbocycles. The average molecular weight is 351 g/mol. The van der Waals surface area contributed by atoms with Crippen LogP contribution in [0.2, 0.25) is 0 Å². The molecule has 5 nitrogen and oxygen atoms in total. The second-order valence-corrected chi connectivity index (χ2v) is 6.79. The minimum Gasteiger partial charge on any atom is -0.354 e. The van der Waals surface area contributed by atoms with Crippen molar-refractivity contribution in [2.75, 3.05) is 19.6 Å². The first-order valence-electron chi connectivity index (χ1n) is 8.80. The Balaban J connectivity index is 1.42. The van der Waals surface area contributed by atoms with Crippen molar-refractivity contribution in [2.45, 2.75) is 38.1 Å². The van der Waals surface area contributed by atoms with Crippen LogP contribution in [0.4, 0.5) is 13.6 Å². The Labute approximate surface area is 145 Å². The molecule has 2 fully saturated rings. The Morgan fingerprint density at radius 3 is 2.64 bits per heavy atom. The number of halogens is 2. The molecule has 1 aromatic rings. The van der Waals surface area contributed by atoms with E-state index in [1.807, 2.05) is 0 Å². The van der Waals surface area contributed by atoms with Gasteiger partial charge in [-0.25, -0.2) is 13.6 Å². The quantitative estimate of drug-likeness (QED) is 0.874. The van der Waals surface area contributed by atoms with Gasteiger partial charge in [-0.15, -0.1) is 0 Å². The van der Waals surface area contributed by atoms with Crippen molar-refractivity contribution in [3.05, 3.63) is 35.4 Å². The van der Waals surface area contributed by atoms with Crippen LogP contribution < -0.4 is 10.6 Å². The van der Waals surface area contributed by atoms with Crippen LogP contribution in [0.1, 0.15) is 31.2 Å². The van der Waals surface area contributed by atoms with Crippen LogP contribution in [-0.4, -0.2) is 42.5 Å². The van der Waals surface area contributed by atoms with Crippen molar-refractivity contribution < 1.29 is 18.4 Å². The lowest BCUT2D eigenvalue weighted by atomic mass is 9.90. The van der Waals surface area contributed by atoms with E-state index >= 15 is 0 Å². The molecular formula is C18H23F2N3O2. The largest absolute Gasteiger partial charge is 0.354 e. The second kappa shape index (κ2) is 7.80. The van der Waals surface area contributed by atoms with Gasteiger partial charge in [0.05, 0.1) is 0 Å². The standard InChI is InChI=1S/C18H23F2N3O2/c19-14-4-3-13(15(20)11-14)2-1-12-6-9-23(10-7-12)18(25)22-16-5-8-21-17(16)24/h3-4,11-12,16H,1-2,5-10H2,(H,21,24)(H,22,25)/t16-/m0/s1. The molecule has 7 heteroatoms. The zero-order chi connectivity index (χ0) is 17.8. The predicted molar refractivity (Wildman–Crippen MR) is 88.9 cm³/mol. The highest BCUT2D eigenvalue weighted by atomic mass is 19.1. The summed E-state index contributed by atoms with van der Waals surface area (Å²) in [5, 5.41) is 5.47. The molecule has 2 aliphatic rings. The van der Waals surface area contributed by atoms with Gasteiger partial charge >= 0.3 is 6.03 Å². The van der Waals surface area contributed by atoms with E-state index < -0.39 is 17.7 Å². The van der Waals surface area contributed by atoms with Crippen molar-refractivity contribution >= 4 is 11.9 Å². The molecule has 25 heavy (non-hydrogen) atoms. The van der Waals surface area contributed by atoms with Crippen LogP contribution in [-0.2, 0) is 11.2 Å². The highest BCUT2D eigenvalue weighted by molar-refractivity contribution is 5.88. The lowest BCUT2D eigenvalue weighted by molar-refractivity contribution is -0.120. The first-order chi connectivity index (χ1) is 12.0. The Morgan fingerprint density at radius 2 is 2.00 bits per heavy atom. The third-order valence-electron chi connectivity index (χ3n) is 5.09. The third kappa shape index (κ3) is 4.46. The summed E-state index contributed by atoms with van der Waals surface area (Å²) in [6.45, 7) is 1.87. The van der Waals surface area contributed by atoms with Crippen molar-refractivity contribution in [1.29, 1.82) is 0 Å². The van der Waals surface area contributed by atoms with E-state index in [0.29, 0.717) is 44.0 Å². The summed E-state index contributed by atoms with van der Waals surface area (Å²) < 4.78 is 26.6. The molecule has 2 N–H and O–H groups in total. The summed E-state index contributed by atoms with van der Waals surface area (Å²) in [4.78, 5) is 25.5. The summed E-state index contributed by atoms with van der Waals surface area (Å²) in [5.41, 5.74) is 0.536. The zero-order valence-corrected chi connectivity index (χ0v) is 14.1. The van der Waals surface area contributed by atoms with E-state index in [1.165, 1.54) is 12.1 Å². The number of urea groups is 1. The fraction of sp³-hybridized carbons (Fsp3) is 0.556. The van der Waals surface area contributed by atoms with Gasteiger partial charge in [-0.1, -0.05) is 6.07 Å². The molecule has 0 aromatic heterocycles. The molecule has 0 radical (unpaired) electrons. The number of amides is 3. The number of nitrogens with zero attached hydrogens (tertiary/aromatic N) is 1. The van der Waals surface area contributed by atoms with Crippen molar-refractivity contribution in [3.8, 4) is 0 Å². The number of carbonyl (C=O) groups is 2. The number of carbonyl (C=O) groups excluding carboxylic acids is 2. The van der Waals surface area contributed by atoms with Gasteiger partial charge in [0.1, 0.15) is 17.7 Å². The number of hydrogen-bond acceptors (Lipinski definition) is 2. The molecule has 0 bridgehead atoms. The first-order valence-corrected chi connectivity index (χ1v) is 8.80. The summed E-state index contributed by atoms with van der Waals surface area (Å²) in [7, 11) is 0. The molecule has 3 amide bonds. The topological polar surface area (TPSA) is 61.4 Å². The van der Waals surface area contributed by atoms with Gasteiger partial charge in [-0.3, -0.25) is 4.79 Å². The van der Waals surface area contributed by atoms with Crippen LogP contribution in [0.3, 0.4) is 0 Å². The number of hydrogen-bond donors (Lipinski definition) is 2. The normalized spacial score (nSPS) is 21.3. The summed E-state index contributed by atoms with van der Waals surface area (Å²) in [6.07, 6.45) is 3.73. The van der Waals surface area contributed by atoms with Gasteiger partial charge in [0.15, 0.2) is 0 Å². The number of likely N-dealkylation sites (tertiary alicyclic amines) is 1. The van der Waals surface area contributed by atoms with Crippen LogP contribution in [0.15, 0.2) is 18.2 Å². The Kier molecular flexibility index (Phi) is 5.50. The van der Waals surface area contributed by atoms with Crippen LogP contribution in [0, 0.1) is 17.6 Å². The maximum absolute atomic E-state index is 13.7. The Hall–Kier alpha value is -2.18. The van der Waals surface area contributed by atoms with Crippen LogP contribution >= 0.6 is 0 Å². The number of rotatable bonds is 4. The van der Waals surface area contributed by atoms with E-state index in [4.69, 9.17) is 0 Å². The molecule has 0 saturated carbocycles. The highest BCUT2D eigenvalue weighted by Gasteiger charge is 2.29. The lowest BCUT2D eigenvalue weighted by Crippen LogP contribution is -2.49. The fourth-order valence-electron chi connectivity index (χ4n) is 3.48. The monoisotopic (exact) mass is 351 g/mol. The maximum Gasteiger partial charge on any atom is 0.318 e. The SMILES string of the molecule is O=C1NCC[C@@H]1NC(=O)N1CCC(CCc2ccc(F)cc2F)CC1. The summed E-state index contributed by atoms with van der Waals surface area (Å²) in [5.74, 6) is -0.754. The van der Waals surface area contributed by atoms with E-state index in [-0.39, 0.29) is 11.9 Å². The molecule has 2 aliphatic heterocycles. The van der Waals surface area contributed by atoms with Gasteiger partial charge < -0.3 is 15.5 Å². The fourth-order valence-corrected chi connectivity index (χ4v) is 3.48. The number of benzene rings is 1. The van der Waals surface area contributed by atoms with Gasteiger partial charge in [0, 0.05) is 25.7 Å². The number of piperidine rings is 1. The highest BCUT2D eigenvalue weighted by Crippen LogP contribution is 2.23. The number of aryl methyl sites for hydroxylation is 1. The molecule has 0 unspecified atom stereocenters. The first kappa shape index (κ1) is 17.6. The molecule has 136 valence electrons. The lowest BCUT2D eigenvalue weighted by Gasteiger charge is -2.32. The Morgan fingerprint density at radius 1 is 1.24 bits per heavy atom. The molecule has 2 saturated heterocycles. The van der Waals surface area contributed by atoms with E-state index in [1.54, 1.807) is 4.90 Å². The van der Waals surface area contributed by atoms with Crippen molar-refractivity contribution in [2.24, 2.45) is 5.92 Å². The number of nitrogens with one attached hydrogen (secondary N) is 2. The zero-order valence-electron chi connectivity index (χ0n) is 14.1. The van der Waals surface area contributed by atoms with Crippen LogP contribution in [0.5, 0.6) is 0 Å². The summed E-state index contributed by atoms with van der Waals surface area (Å²) in [6, 6.07) is 3.09. The van der Waals surface area contributed by atoms with Gasteiger partial charge in [0.25, 0.3) is 0 Å². The maximum atomic E-state index is 13.7.